The number of nitrogens with one attached hydrogen (secondary N) is 1. The second-order valence-electron chi connectivity index (χ2n) is 6.53. The first-order valence-electron chi connectivity index (χ1n) is 9.04. The Labute approximate surface area is 135 Å². The number of hydrogen-bond acceptors (Lipinski definition) is 4. The molecular formula is C17H33N3O2. The lowest BCUT2D eigenvalue weighted by Crippen LogP contribution is -2.55. The first-order valence-corrected chi connectivity index (χ1v) is 9.04. The van der Waals surface area contributed by atoms with Crippen molar-refractivity contribution in [1.82, 2.24) is 15.1 Å². The Morgan fingerprint density at radius 3 is 2.68 bits per heavy atom. The standard InChI is InChI=1S/C17H33N3O2/c1-3-16-14-20(10-9-19(16)11-12-22-4-2)17(21)13-15-5-7-18-8-6-15/h15-16,18H,3-14H2,1-2H3. The van der Waals surface area contributed by atoms with Crippen LogP contribution in [0.4, 0.5) is 0 Å². The lowest BCUT2D eigenvalue weighted by atomic mass is 9.94. The normalized spacial score (nSPS) is 24.6. The number of piperidine rings is 1. The Kier molecular flexibility index (Phi) is 7.63. The quantitative estimate of drug-likeness (QED) is 0.721. The summed E-state index contributed by atoms with van der Waals surface area (Å²) in [6, 6.07) is 0.492. The van der Waals surface area contributed by atoms with Crippen LogP contribution in [0.5, 0.6) is 0 Å². The van der Waals surface area contributed by atoms with Crippen molar-refractivity contribution in [2.24, 2.45) is 5.92 Å². The fourth-order valence-electron chi connectivity index (χ4n) is 3.59. The van der Waals surface area contributed by atoms with Crippen LogP contribution in [-0.4, -0.2) is 74.2 Å². The van der Waals surface area contributed by atoms with Gasteiger partial charge < -0.3 is 15.0 Å². The summed E-state index contributed by atoms with van der Waals surface area (Å²) in [5, 5.41) is 3.37. The molecule has 5 nitrogen and oxygen atoms in total. The molecule has 1 N–H and O–H groups in total. The molecule has 2 heterocycles. The molecule has 1 unspecified atom stereocenters. The molecule has 22 heavy (non-hydrogen) atoms. The monoisotopic (exact) mass is 311 g/mol. The SMILES string of the molecule is CCOCCN1CCN(C(=O)CC2CCNCC2)CC1CC. The highest BCUT2D eigenvalue weighted by Crippen LogP contribution is 2.19. The average Bonchev–Trinajstić information content (AvgIpc) is 2.56. The summed E-state index contributed by atoms with van der Waals surface area (Å²) in [7, 11) is 0. The molecule has 2 rings (SSSR count). The summed E-state index contributed by atoms with van der Waals surface area (Å²) < 4.78 is 5.48. The highest BCUT2D eigenvalue weighted by Gasteiger charge is 2.29. The number of hydrogen-bond donors (Lipinski definition) is 1. The molecular weight excluding hydrogens is 278 g/mol. The zero-order chi connectivity index (χ0) is 15.8. The number of carbonyl (C=O) groups is 1. The van der Waals surface area contributed by atoms with Crippen molar-refractivity contribution in [2.75, 3.05) is 52.5 Å². The highest BCUT2D eigenvalue weighted by molar-refractivity contribution is 5.76. The third kappa shape index (κ3) is 5.21. The number of amides is 1. The van der Waals surface area contributed by atoms with E-state index >= 15 is 0 Å². The average molecular weight is 311 g/mol. The van der Waals surface area contributed by atoms with Gasteiger partial charge in [0.25, 0.3) is 0 Å². The molecule has 0 aromatic rings. The largest absolute Gasteiger partial charge is 0.380 e. The van der Waals surface area contributed by atoms with Gasteiger partial charge in [-0.05, 0) is 45.2 Å². The van der Waals surface area contributed by atoms with Crippen LogP contribution in [0.25, 0.3) is 0 Å². The maximum atomic E-state index is 12.6. The van der Waals surface area contributed by atoms with Crippen molar-refractivity contribution in [1.29, 1.82) is 0 Å². The summed E-state index contributed by atoms with van der Waals surface area (Å²) in [6.07, 6.45) is 4.15. The summed E-state index contributed by atoms with van der Waals surface area (Å²) in [6.45, 7) is 11.7. The molecule has 0 radical (unpaired) electrons. The molecule has 0 spiro atoms. The van der Waals surface area contributed by atoms with E-state index < -0.39 is 0 Å². The highest BCUT2D eigenvalue weighted by atomic mass is 16.5. The van der Waals surface area contributed by atoms with Gasteiger partial charge in [-0.1, -0.05) is 6.92 Å². The van der Waals surface area contributed by atoms with E-state index in [2.05, 4.69) is 22.0 Å². The second kappa shape index (κ2) is 9.48. The molecule has 0 aliphatic carbocycles. The smallest absolute Gasteiger partial charge is 0.222 e. The van der Waals surface area contributed by atoms with Gasteiger partial charge in [-0.2, -0.15) is 0 Å². The summed E-state index contributed by atoms with van der Waals surface area (Å²) in [5.74, 6) is 0.958. The van der Waals surface area contributed by atoms with Gasteiger partial charge in [-0.3, -0.25) is 9.69 Å². The van der Waals surface area contributed by atoms with Crippen LogP contribution in [0.1, 0.15) is 39.5 Å². The maximum Gasteiger partial charge on any atom is 0.222 e. The minimum absolute atomic E-state index is 0.370. The predicted molar refractivity (Wildman–Crippen MR) is 88.9 cm³/mol. The summed E-state index contributed by atoms with van der Waals surface area (Å²) in [5.41, 5.74) is 0. The second-order valence-corrected chi connectivity index (χ2v) is 6.53. The minimum atomic E-state index is 0.370. The zero-order valence-corrected chi connectivity index (χ0v) is 14.4. The van der Waals surface area contributed by atoms with Crippen LogP contribution in [0, 0.1) is 5.92 Å². The third-order valence-corrected chi connectivity index (χ3v) is 5.08. The lowest BCUT2D eigenvalue weighted by Gasteiger charge is -2.41. The van der Waals surface area contributed by atoms with E-state index in [0.717, 1.165) is 78.2 Å². The van der Waals surface area contributed by atoms with Crippen molar-refractivity contribution in [3.8, 4) is 0 Å². The van der Waals surface area contributed by atoms with Crippen LogP contribution in [0.15, 0.2) is 0 Å². The van der Waals surface area contributed by atoms with Gasteiger partial charge in [0.05, 0.1) is 6.61 Å². The van der Waals surface area contributed by atoms with E-state index in [0.29, 0.717) is 17.9 Å². The van der Waals surface area contributed by atoms with E-state index in [9.17, 15) is 4.79 Å². The zero-order valence-electron chi connectivity index (χ0n) is 14.4. The number of rotatable bonds is 7. The molecule has 0 saturated carbocycles. The molecule has 5 heteroatoms. The molecule has 2 aliphatic heterocycles. The Morgan fingerprint density at radius 1 is 1.23 bits per heavy atom. The van der Waals surface area contributed by atoms with Crippen LogP contribution < -0.4 is 5.32 Å². The van der Waals surface area contributed by atoms with Gasteiger partial charge in [0.2, 0.25) is 5.91 Å². The first-order chi connectivity index (χ1) is 10.7. The molecule has 2 saturated heterocycles. The number of nitrogens with zero attached hydrogens (tertiary/aromatic N) is 2. The Bertz CT molecular complexity index is 332. The molecule has 1 atom stereocenters. The Morgan fingerprint density at radius 2 is 2.00 bits per heavy atom. The minimum Gasteiger partial charge on any atom is -0.380 e. The first kappa shape index (κ1) is 17.7. The number of piperazine rings is 1. The van der Waals surface area contributed by atoms with Gasteiger partial charge in [0, 0.05) is 45.2 Å². The van der Waals surface area contributed by atoms with E-state index in [1.807, 2.05) is 6.92 Å². The van der Waals surface area contributed by atoms with Crippen LogP contribution >= 0.6 is 0 Å². The molecule has 2 aliphatic rings. The van der Waals surface area contributed by atoms with E-state index in [4.69, 9.17) is 4.74 Å². The van der Waals surface area contributed by atoms with Gasteiger partial charge in [-0.25, -0.2) is 0 Å². The topological polar surface area (TPSA) is 44.8 Å². The van der Waals surface area contributed by atoms with Crippen molar-refractivity contribution >= 4 is 5.91 Å². The number of carbonyl (C=O) groups excluding carboxylic acids is 1. The molecule has 128 valence electrons. The molecule has 0 aromatic heterocycles. The fourth-order valence-corrected chi connectivity index (χ4v) is 3.59. The predicted octanol–water partition coefficient (Wildman–Crippen LogP) is 1.34. The van der Waals surface area contributed by atoms with Gasteiger partial charge in [0.15, 0.2) is 0 Å². The fraction of sp³-hybridized carbons (Fsp3) is 0.941. The molecule has 2 fully saturated rings. The third-order valence-electron chi connectivity index (χ3n) is 5.08. The summed E-state index contributed by atoms with van der Waals surface area (Å²) >= 11 is 0. The van der Waals surface area contributed by atoms with Crippen molar-refractivity contribution < 1.29 is 9.53 Å². The van der Waals surface area contributed by atoms with E-state index in [1.165, 1.54) is 0 Å². The Hall–Kier alpha value is -0.650. The number of ether oxygens (including phenoxy) is 1. The van der Waals surface area contributed by atoms with Gasteiger partial charge in [-0.15, -0.1) is 0 Å². The van der Waals surface area contributed by atoms with Crippen LogP contribution in [0.2, 0.25) is 0 Å². The van der Waals surface area contributed by atoms with Crippen molar-refractivity contribution in [3.63, 3.8) is 0 Å². The van der Waals surface area contributed by atoms with Crippen LogP contribution in [0.3, 0.4) is 0 Å². The van der Waals surface area contributed by atoms with Gasteiger partial charge in [0.1, 0.15) is 0 Å². The maximum absolute atomic E-state index is 12.6. The molecule has 0 aromatic carbocycles. The van der Waals surface area contributed by atoms with Crippen LogP contribution in [-0.2, 0) is 9.53 Å². The summed E-state index contributed by atoms with van der Waals surface area (Å²) in [4.78, 5) is 17.2. The Balaban J connectivity index is 1.77. The molecule has 1 amide bonds. The molecule has 0 bridgehead atoms. The van der Waals surface area contributed by atoms with Gasteiger partial charge >= 0.3 is 0 Å². The van der Waals surface area contributed by atoms with E-state index in [1.54, 1.807) is 0 Å². The van der Waals surface area contributed by atoms with E-state index in [-0.39, 0.29) is 0 Å². The van der Waals surface area contributed by atoms with Crippen molar-refractivity contribution in [2.45, 2.75) is 45.6 Å². The lowest BCUT2D eigenvalue weighted by molar-refractivity contribution is -0.135. The van der Waals surface area contributed by atoms with Crippen molar-refractivity contribution in [3.05, 3.63) is 0 Å².